The number of hydrogen-bond donors (Lipinski definition) is 0. The third kappa shape index (κ3) is 3.73. The molecule has 4 nitrogen and oxygen atoms in total. The van der Waals surface area contributed by atoms with E-state index in [1.165, 1.54) is 0 Å². The molecule has 2 aromatic heterocycles. The van der Waals surface area contributed by atoms with Crippen molar-refractivity contribution >= 4 is 28.7 Å². The predicted molar refractivity (Wildman–Crippen MR) is 85.1 cm³/mol. The topological polar surface area (TPSA) is 38.1 Å². The lowest BCUT2D eigenvalue weighted by Gasteiger charge is -2.31. The Hall–Kier alpha value is -1.17. The minimum absolute atomic E-state index is 0.138. The van der Waals surface area contributed by atoms with Crippen molar-refractivity contribution in [1.29, 1.82) is 0 Å². The maximum absolute atomic E-state index is 12.4. The first kappa shape index (κ1) is 14.8. The number of nitrogens with zero attached hydrogens (tertiary/aromatic N) is 3. The SMILES string of the molecule is O=C(c1cccs1)C1CCCN(CCn2cc(Cl)cn2)C1. The van der Waals surface area contributed by atoms with Crippen molar-refractivity contribution in [2.45, 2.75) is 19.4 Å². The molecule has 0 aromatic carbocycles. The van der Waals surface area contributed by atoms with Gasteiger partial charge in [0.2, 0.25) is 0 Å². The molecule has 1 saturated heterocycles. The van der Waals surface area contributed by atoms with E-state index in [0.717, 1.165) is 43.9 Å². The second-order valence-electron chi connectivity index (χ2n) is 5.40. The summed E-state index contributed by atoms with van der Waals surface area (Å²) >= 11 is 7.41. The lowest BCUT2D eigenvalue weighted by atomic mass is 9.93. The molecule has 3 heterocycles. The fourth-order valence-electron chi connectivity index (χ4n) is 2.80. The van der Waals surface area contributed by atoms with Crippen LogP contribution in [0.15, 0.2) is 29.9 Å². The average molecular weight is 324 g/mol. The highest BCUT2D eigenvalue weighted by molar-refractivity contribution is 7.12. The van der Waals surface area contributed by atoms with Gasteiger partial charge in [-0.2, -0.15) is 5.10 Å². The van der Waals surface area contributed by atoms with Crippen LogP contribution in [0.5, 0.6) is 0 Å². The lowest BCUT2D eigenvalue weighted by molar-refractivity contribution is 0.0819. The molecule has 0 spiro atoms. The van der Waals surface area contributed by atoms with Crippen molar-refractivity contribution in [3.8, 4) is 0 Å². The molecule has 1 aliphatic rings. The third-order valence-electron chi connectivity index (χ3n) is 3.89. The summed E-state index contributed by atoms with van der Waals surface area (Å²) in [6.07, 6.45) is 5.57. The van der Waals surface area contributed by atoms with Gasteiger partial charge in [0.25, 0.3) is 0 Å². The summed E-state index contributed by atoms with van der Waals surface area (Å²) < 4.78 is 1.85. The van der Waals surface area contributed by atoms with E-state index in [4.69, 9.17) is 11.6 Å². The monoisotopic (exact) mass is 323 g/mol. The number of carbonyl (C=O) groups excluding carboxylic acids is 1. The number of halogens is 1. The Labute approximate surface area is 133 Å². The summed E-state index contributed by atoms with van der Waals surface area (Å²) in [5.74, 6) is 0.440. The Balaban J connectivity index is 1.54. The van der Waals surface area contributed by atoms with Gasteiger partial charge in [-0.1, -0.05) is 17.7 Å². The minimum atomic E-state index is 0.138. The van der Waals surface area contributed by atoms with Gasteiger partial charge in [0.1, 0.15) is 0 Å². The zero-order valence-corrected chi connectivity index (χ0v) is 13.3. The highest BCUT2D eigenvalue weighted by Crippen LogP contribution is 2.23. The molecule has 6 heteroatoms. The van der Waals surface area contributed by atoms with Gasteiger partial charge >= 0.3 is 0 Å². The highest BCUT2D eigenvalue weighted by Gasteiger charge is 2.26. The summed E-state index contributed by atoms with van der Waals surface area (Å²) in [6.45, 7) is 3.63. The normalized spacial score (nSPS) is 19.8. The van der Waals surface area contributed by atoms with Gasteiger partial charge in [-0.3, -0.25) is 9.48 Å². The van der Waals surface area contributed by atoms with E-state index in [1.54, 1.807) is 17.5 Å². The van der Waals surface area contributed by atoms with Crippen molar-refractivity contribution in [2.24, 2.45) is 5.92 Å². The van der Waals surface area contributed by atoms with Gasteiger partial charge in [-0.25, -0.2) is 0 Å². The Morgan fingerprint density at radius 3 is 3.10 bits per heavy atom. The van der Waals surface area contributed by atoms with Crippen LogP contribution >= 0.6 is 22.9 Å². The van der Waals surface area contributed by atoms with E-state index in [2.05, 4.69) is 10.00 Å². The van der Waals surface area contributed by atoms with E-state index in [1.807, 2.05) is 28.4 Å². The molecular formula is C15H18ClN3OS. The maximum atomic E-state index is 12.4. The summed E-state index contributed by atoms with van der Waals surface area (Å²) in [4.78, 5) is 15.7. The van der Waals surface area contributed by atoms with E-state index in [9.17, 15) is 4.79 Å². The Morgan fingerprint density at radius 1 is 1.48 bits per heavy atom. The molecule has 0 amide bonds. The van der Waals surface area contributed by atoms with Crippen LogP contribution in [0.4, 0.5) is 0 Å². The van der Waals surface area contributed by atoms with Crippen LogP contribution in [0.2, 0.25) is 5.02 Å². The number of ketones is 1. The van der Waals surface area contributed by atoms with Gasteiger partial charge in [0.05, 0.1) is 22.6 Å². The second kappa shape index (κ2) is 6.73. The smallest absolute Gasteiger partial charge is 0.177 e. The van der Waals surface area contributed by atoms with Crippen molar-refractivity contribution in [1.82, 2.24) is 14.7 Å². The molecule has 2 aromatic rings. The van der Waals surface area contributed by atoms with E-state index < -0.39 is 0 Å². The molecule has 0 bridgehead atoms. The molecule has 1 atom stereocenters. The van der Waals surface area contributed by atoms with Crippen LogP contribution in [-0.4, -0.2) is 40.1 Å². The maximum Gasteiger partial charge on any atom is 0.177 e. The first-order valence-corrected chi connectivity index (χ1v) is 8.46. The predicted octanol–water partition coefficient (Wildman–Crippen LogP) is 3.19. The molecule has 112 valence electrons. The number of piperidine rings is 1. The molecule has 21 heavy (non-hydrogen) atoms. The van der Waals surface area contributed by atoms with E-state index in [0.29, 0.717) is 10.8 Å². The largest absolute Gasteiger partial charge is 0.301 e. The first-order valence-electron chi connectivity index (χ1n) is 7.20. The Kier molecular flexibility index (Phi) is 4.73. The van der Waals surface area contributed by atoms with E-state index >= 15 is 0 Å². The van der Waals surface area contributed by atoms with Crippen LogP contribution in [0.1, 0.15) is 22.5 Å². The summed E-state index contributed by atoms with van der Waals surface area (Å²) in [7, 11) is 0. The summed E-state index contributed by atoms with van der Waals surface area (Å²) in [6, 6.07) is 3.87. The fraction of sp³-hybridized carbons (Fsp3) is 0.467. The third-order valence-corrected chi connectivity index (χ3v) is 4.97. The standard InChI is InChI=1S/C15H18ClN3OS/c16-13-9-17-19(11-13)7-6-18-5-1-3-12(10-18)15(20)14-4-2-8-21-14/h2,4,8-9,11-12H,1,3,5-7,10H2. The molecular weight excluding hydrogens is 306 g/mol. The van der Waals surface area contributed by atoms with Gasteiger partial charge in [0, 0.05) is 25.2 Å². The molecule has 1 fully saturated rings. The number of carbonyl (C=O) groups is 1. The van der Waals surface area contributed by atoms with Crippen molar-refractivity contribution in [3.05, 3.63) is 39.8 Å². The molecule has 0 radical (unpaired) electrons. The highest BCUT2D eigenvalue weighted by atomic mass is 35.5. The second-order valence-corrected chi connectivity index (χ2v) is 6.79. The number of rotatable bonds is 5. The quantitative estimate of drug-likeness (QED) is 0.793. The van der Waals surface area contributed by atoms with Gasteiger partial charge in [-0.05, 0) is 30.8 Å². The molecule has 0 aliphatic carbocycles. The van der Waals surface area contributed by atoms with Crippen LogP contribution in [-0.2, 0) is 6.54 Å². The molecule has 0 saturated carbocycles. The van der Waals surface area contributed by atoms with Crippen LogP contribution < -0.4 is 0 Å². The van der Waals surface area contributed by atoms with Crippen LogP contribution in [0, 0.1) is 5.92 Å². The molecule has 1 aliphatic heterocycles. The summed E-state index contributed by atoms with van der Waals surface area (Å²) in [5, 5.41) is 6.82. The van der Waals surface area contributed by atoms with E-state index in [-0.39, 0.29) is 5.92 Å². The van der Waals surface area contributed by atoms with Gasteiger partial charge < -0.3 is 4.90 Å². The van der Waals surface area contributed by atoms with Gasteiger partial charge in [-0.15, -0.1) is 11.3 Å². The Bertz CT molecular complexity index is 596. The number of Topliss-reactive ketones (excluding diaryl/α,β-unsaturated/α-hetero) is 1. The zero-order valence-electron chi connectivity index (χ0n) is 11.7. The number of likely N-dealkylation sites (tertiary alicyclic amines) is 1. The van der Waals surface area contributed by atoms with Gasteiger partial charge in [0.15, 0.2) is 5.78 Å². The molecule has 0 N–H and O–H groups in total. The Morgan fingerprint density at radius 2 is 2.38 bits per heavy atom. The minimum Gasteiger partial charge on any atom is -0.301 e. The molecule has 1 unspecified atom stereocenters. The first-order chi connectivity index (χ1) is 10.2. The fourth-order valence-corrected chi connectivity index (χ4v) is 3.70. The van der Waals surface area contributed by atoms with Crippen LogP contribution in [0.25, 0.3) is 0 Å². The number of thiophene rings is 1. The zero-order chi connectivity index (χ0) is 14.7. The van der Waals surface area contributed by atoms with Crippen molar-refractivity contribution in [3.63, 3.8) is 0 Å². The number of aromatic nitrogens is 2. The van der Waals surface area contributed by atoms with Crippen molar-refractivity contribution < 1.29 is 4.79 Å². The van der Waals surface area contributed by atoms with Crippen molar-refractivity contribution in [2.75, 3.05) is 19.6 Å². The number of hydrogen-bond acceptors (Lipinski definition) is 4. The van der Waals surface area contributed by atoms with Crippen LogP contribution in [0.3, 0.4) is 0 Å². The molecule has 3 rings (SSSR count). The average Bonchev–Trinajstić information content (AvgIpc) is 3.16. The lowest BCUT2D eigenvalue weighted by Crippen LogP contribution is -2.40. The summed E-state index contributed by atoms with van der Waals surface area (Å²) in [5.41, 5.74) is 0.